The van der Waals surface area contributed by atoms with Gasteiger partial charge in [0.05, 0.1) is 24.5 Å². The average Bonchev–Trinajstić information content (AvgIpc) is 3.58. The van der Waals surface area contributed by atoms with E-state index in [1.807, 2.05) is 55.5 Å². The molecule has 33 heavy (non-hydrogen) atoms. The second-order valence-corrected chi connectivity index (χ2v) is 9.30. The Balaban J connectivity index is 1.17. The smallest absolute Gasteiger partial charge is 0.234 e. The molecular formula is C26H26N2O5. The Labute approximate surface area is 192 Å². The number of amides is 2. The highest BCUT2D eigenvalue weighted by molar-refractivity contribution is 6.03. The molecule has 5 unspecified atom stereocenters. The van der Waals surface area contributed by atoms with Gasteiger partial charge in [-0.15, -0.1) is 0 Å². The number of fused-ring (bicyclic) bond motifs is 2. The summed E-state index contributed by atoms with van der Waals surface area (Å²) in [6.45, 7) is 2.57. The fourth-order valence-corrected chi connectivity index (χ4v) is 5.51. The zero-order valence-electron chi connectivity index (χ0n) is 18.4. The Morgan fingerprint density at radius 1 is 1.18 bits per heavy atom. The molecule has 2 bridgehead atoms. The molecule has 2 fully saturated rings. The van der Waals surface area contributed by atoms with E-state index >= 15 is 0 Å². The summed E-state index contributed by atoms with van der Waals surface area (Å²) in [6.07, 6.45) is 5.26. The van der Waals surface area contributed by atoms with Gasteiger partial charge in [0.2, 0.25) is 18.6 Å². The monoisotopic (exact) mass is 446 g/mol. The minimum Gasteiger partial charge on any atom is -0.454 e. The molecule has 1 spiro atoms. The van der Waals surface area contributed by atoms with Gasteiger partial charge in [-0.1, -0.05) is 42.5 Å². The van der Waals surface area contributed by atoms with Gasteiger partial charge in [-0.2, -0.15) is 0 Å². The highest BCUT2D eigenvalue weighted by Crippen LogP contribution is 2.53. The van der Waals surface area contributed by atoms with Crippen molar-refractivity contribution in [2.75, 3.05) is 18.2 Å². The van der Waals surface area contributed by atoms with Gasteiger partial charge < -0.3 is 24.4 Å². The van der Waals surface area contributed by atoms with E-state index in [0.29, 0.717) is 18.0 Å². The second-order valence-electron chi connectivity index (χ2n) is 9.30. The van der Waals surface area contributed by atoms with Gasteiger partial charge >= 0.3 is 0 Å². The molecule has 0 aliphatic carbocycles. The normalized spacial score (nSPS) is 29.4. The van der Waals surface area contributed by atoms with E-state index < -0.39 is 17.4 Å². The van der Waals surface area contributed by atoms with Crippen molar-refractivity contribution in [1.29, 1.82) is 0 Å². The number of anilines is 1. The Morgan fingerprint density at radius 2 is 2.00 bits per heavy atom. The number of carbonyl (C=O) groups excluding carboxylic acids is 2. The standard InChI is InChI=1S/C26H26N2O5/c1-16(7-8-17-5-3-2-4-6-17)27-24(29)22-20-11-12-26(33-20)14-28(25(30)23(22)26)18-9-10-19-21(13-18)32-15-31-19/h2-6,9-13,16,20,22-23H,7-8,14-15H2,1H3,(H,27,29). The maximum atomic E-state index is 13.5. The van der Waals surface area contributed by atoms with E-state index in [1.165, 1.54) is 5.56 Å². The third kappa shape index (κ3) is 3.30. The lowest BCUT2D eigenvalue weighted by Gasteiger charge is -2.25. The number of benzene rings is 2. The summed E-state index contributed by atoms with van der Waals surface area (Å²) < 4.78 is 17.1. The summed E-state index contributed by atoms with van der Waals surface area (Å²) in [5.41, 5.74) is 1.21. The molecule has 2 aromatic carbocycles. The first-order valence-electron chi connectivity index (χ1n) is 11.5. The summed E-state index contributed by atoms with van der Waals surface area (Å²) in [7, 11) is 0. The van der Waals surface area contributed by atoms with Crippen molar-refractivity contribution < 1.29 is 23.8 Å². The maximum absolute atomic E-state index is 13.5. The number of carbonyl (C=O) groups is 2. The second kappa shape index (κ2) is 7.63. The first kappa shape index (κ1) is 20.3. The van der Waals surface area contributed by atoms with Crippen molar-refractivity contribution >= 4 is 17.5 Å². The van der Waals surface area contributed by atoms with Crippen LogP contribution in [0.3, 0.4) is 0 Å². The average molecular weight is 447 g/mol. The van der Waals surface area contributed by atoms with Crippen LogP contribution < -0.4 is 19.7 Å². The van der Waals surface area contributed by atoms with Crippen molar-refractivity contribution in [3.63, 3.8) is 0 Å². The lowest BCUT2D eigenvalue weighted by molar-refractivity contribution is -0.132. The number of nitrogens with zero attached hydrogens (tertiary/aromatic N) is 1. The molecule has 170 valence electrons. The van der Waals surface area contributed by atoms with Crippen molar-refractivity contribution in [2.24, 2.45) is 11.8 Å². The molecule has 4 heterocycles. The fourth-order valence-electron chi connectivity index (χ4n) is 5.51. The van der Waals surface area contributed by atoms with Gasteiger partial charge in [-0.05, 0) is 37.5 Å². The Bertz CT molecular complexity index is 1130. The van der Waals surface area contributed by atoms with E-state index in [4.69, 9.17) is 14.2 Å². The molecule has 7 nitrogen and oxygen atoms in total. The molecule has 0 radical (unpaired) electrons. The van der Waals surface area contributed by atoms with Gasteiger partial charge in [0, 0.05) is 17.8 Å². The molecule has 0 saturated carbocycles. The van der Waals surface area contributed by atoms with E-state index in [2.05, 4.69) is 17.4 Å². The summed E-state index contributed by atoms with van der Waals surface area (Å²) in [5, 5.41) is 3.14. The van der Waals surface area contributed by atoms with Crippen LogP contribution in [0.4, 0.5) is 5.69 Å². The minimum atomic E-state index is -0.757. The number of hydrogen-bond acceptors (Lipinski definition) is 5. The molecule has 0 aromatic heterocycles. The van der Waals surface area contributed by atoms with Crippen LogP contribution in [0, 0.1) is 11.8 Å². The van der Waals surface area contributed by atoms with Gasteiger partial charge in [0.25, 0.3) is 0 Å². The minimum absolute atomic E-state index is 0.00164. The van der Waals surface area contributed by atoms with Crippen LogP contribution in [0.25, 0.3) is 0 Å². The molecule has 2 saturated heterocycles. The van der Waals surface area contributed by atoms with Crippen LogP contribution in [0.15, 0.2) is 60.7 Å². The molecule has 6 rings (SSSR count). The number of hydrogen-bond donors (Lipinski definition) is 1. The molecule has 4 aliphatic rings. The number of nitrogens with one attached hydrogen (secondary N) is 1. The largest absolute Gasteiger partial charge is 0.454 e. The zero-order chi connectivity index (χ0) is 22.6. The Kier molecular flexibility index (Phi) is 4.69. The van der Waals surface area contributed by atoms with Crippen molar-refractivity contribution in [3.05, 3.63) is 66.2 Å². The predicted molar refractivity (Wildman–Crippen MR) is 121 cm³/mol. The first-order chi connectivity index (χ1) is 16.0. The quantitative estimate of drug-likeness (QED) is 0.691. The van der Waals surface area contributed by atoms with Crippen LogP contribution in [0.2, 0.25) is 0 Å². The van der Waals surface area contributed by atoms with E-state index in [-0.39, 0.29) is 30.8 Å². The van der Waals surface area contributed by atoms with Crippen LogP contribution in [0.5, 0.6) is 11.5 Å². The molecule has 5 atom stereocenters. The SMILES string of the molecule is CC(CCc1ccccc1)NC(=O)C1C2C=CC3(CN(c4ccc5c(c4)OCO5)C(=O)C13)O2. The first-order valence-corrected chi connectivity index (χ1v) is 11.5. The van der Waals surface area contributed by atoms with Crippen LogP contribution in [-0.4, -0.2) is 42.9 Å². The fraction of sp³-hybridized carbons (Fsp3) is 0.385. The number of rotatable bonds is 6. The Hall–Kier alpha value is -3.32. The van der Waals surface area contributed by atoms with Gasteiger partial charge in [-0.3, -0.25) is 9.59 Å². The molecule has 2 amide bonds. The predicted octanol–water partition coefficient (Wildman–Crippen LogP) is 2.84. The van der Waals surface area contributed by atoms with Gasteiger partial charge in [0.1, 0.15) is 5.60 Å². The van der Waals surface area contributed by atoms with Crippen molar-refractivity contribution in [2.45, 2.75) is 37.5 Å². The number of ether oxygens (including phenoxy) is 3. The van der Waals surface area contributed by atoms with Gasteiger partial charge in [0.15, 0.2) is 11.5 Å². The molecule has 4 aliphatic heterocycles. The summed E-state index contributed by atoms with van der Waals surface area (Å²) in [4.78, 5) is 28.6. The topological polar surface area (TPSA) is 77.1 Å². The third-order valence-electron chi connectivity index (χ3n) is 7.17. The van der Waals surface area contributed by atoms with Crippen molar-refractivity contribution in [3.8, 4) is 11.5 Å². The summed E-state index contributed by atoms with van der Waals surface area (Å²) in [6, 6.07) is 15.7. The lowest BCUT2D eigenvalue weighted by Crippen LogP contribution is -2.46. The summed E-state index contributed by atoms with van der Waals surface area (Å²) in [5.74, 6) is 0.0372. The number of aryl methyl sites for hydroxylation is 1. The molecule has 7 heteroatoms. The summed E-state index contributed by atoms with van der Waals surface area (Å²) >= 11 is 0. The van der Waals surface area contributed by atoms with E-state index in [0.717, 1.165) is 18.5 Å². The van der Waals surface area contributed by atoms with Crippen LogP contribution in [0.1, 0.15) is 18.9 Å². The van der Waals surface area contributed by atoms with Crippen molar-refractivity contribution in [1.82, 2.24) is 5.32 Å². The molecular weight excluding hydrogens is 420 g/mol. The maximum Gasteiger partial charge on any atom is 0.234 e. The highest BCUT2D eigenvalue weighted by atomic mass is 16.7. The van der Waals surface area contributed by atoms with E-state index in [1.54, 1.807) is 4.90 Å². The molecule has 1 N–H and O–H groups in total. The highest BCUT2D eigenvalue weighted by Gasteiger charge is 2.67. The van der Waals surface area contributed by atoms with E-state index in [9.17, 15) is 9.59 Å². The van der Waals surface area contributed by atoms with Gasteiger partial charge in [-0.25, -0.2) is 0 Å². The molecule has 2 aromatic rings. The zero-order valence-corrected chi connectivity index (χ0v) is 18.4. The third-order valence-corrected chi connectivity index (χ3v) is 7.17. The lowest BCUT2D eigenvalue weighted by atomic mass is 9.76. The van der Waals surface area contributed by atoms with Crippen LogP contribution >= 0.6 is 0 Å². The Morgan fingerprint density at radius 3 is 2.85 bits per heavy atom. The van der Waals surface area contributed by atoms with Crippen LogP contribution in [-0.2, 0) is 20.7 Å².